The predicted molar refractivity (Wildman–Crippen MR) is 121 cm³/mol. The van der Waals surface area contributed by atoms with E-state index in [-0.39, 0.29) is 47.8 Å². The lowest BCUT2D eigenvalue weighted by atomic mass is 9.81. The number of aryl methyl sites for hydroxylation is 1. The fraction of sp³-hybridized carbons (Fsp3) is 0.280. The highest BCUT2D eigenvalue weighted by Gasteiger charge is 2.43. The molecule has 0 spiro atoms. The third-order valence-corrected chi connectivity index (χ3v) is 5.70. The van der Waals surface area contributed by atoms with E-state index in [1.165, 1.54) is 24.4 Å². The van der Waals surface area contributed by atoms with Gasteiger partial charge in [0.25, 0.3) is 5.91 Å². The molecule has 0 bridgehead atoms. The molecule has 194 valence electrons. The van der Waals surface area contributed by atoms with Crippen LogP contribution in [0.1, 0.15) is 51.1 Å². The number of carbonyl (C=O) groups is 2. The van der Waals surface area contributed by atoms with Crippen LogP contribution < -0.4 is 14.8 Å². The minimum Gasteiger partial charge on any atom is -0.491 e. The van der Waals surface area contributed by atoms with E-state index in [9.17, 15) is 27.2 Å². The van der Waals surface area contributed by atoms with E-state index in [4.69, 9.17) is 9.47 Å². The van der Waals surface area contributed by atoms with Crippen LogP contribution in [0, 0.1) is 12.7 Å². The van der Waals surface area contributed by atoms with Gasteiger partial charge in [-0.05, 0) is 55.8 Å². The molecule has 1 atom stereocenters. The van der Waals surface area contributed by atoms with Crippen molar-refractivity contribution < 1.29 is 41.4 Å². The van der Waals surface area contributed by atoms with Gasteiger partial charge in [-0.1, -0.05) is 6.07 Å². The second-order valence-corrected chi connectivity index (χ2v) is 8.05. The molecular formula is C25H21F4N3O5. The van der Waals surface area contributed by atoms with Gasteiger partial charge in [-0.3, -0.25) is 9.78 Å². The van der Waals surface area contributed by atoms with E-state index in [1.807, 2.05) is 0 Å². The molecule has 0 unspecified atom stereocenters. The maximum Gasteiger partial charge on any atom is 0.573 e. The maximum atomic E-state index is 14.7. The monoisotopic (exact) mass is 519 g/mol. The van der Waals surface area contributed by atoms with E-state index in [1.54, 1.807) is 26.0 Å². The number of alkyl halides is 3. The summed E-state index contributed by atoms with van der Waals surface area (Å²) in [6.07, 6.45) is -3.55. The summed E-state index contributed by atoms with van der Waals surface area (Å²) in [5.41, 5.74) is -0.724. The van der Waals surface area contributed by atoms with Gasteiger partial charge >= 0.3 is 12.3 Å². The first-order valence-corrected chi connectivity index (χ1v) is 11.2. The van der Waals surface area contributed by atoms with Crippen molar-refractivity contribution in [1.82, 2.24) is 15.3 Å². The summed E-state index contributed by atoms with van der Waals surface area (Å²) in [5, 5.41) is 2.83. The molecule has 0 saturated heterocycles. The SMILES string of the molecule is CCOC(=O)c1ccc(C(=O)N[C@]2(c3ccc(OC(F)(F)F)c(F)c3)CCOc3cccnc32)nc1C. The lowest BCUT2D eigenvalue weighted by molar-refractivity contribution is -0.275. The molecular weight excluding hydrogens is 498 g/mol. The Hall–Kier alpha value is -4.22. The Balaban J connectivity index is 1.75. The zero-order chi connectivity index (χ0) is 26.8. The van der Waals surface area contributed by atoms with Gasteiger partial charge in [0.2, 0.25) is 0 Å². The molecule has 1 aromatic carbocycles. The lowest BCUT2D eigenvalue weighted by Gasteiger charge is -2.39. The van der Waals surface area contributed by atoms with Crippen LogP contribution in [0.25, 0.3) is 0 Å². The van der Waals surface area contributed by atoms with Gasteiger partial charge in [-0.25, -0.2) is 14.2 Å². The third-order valence-electron chi connectivity index (χ3n) is 5.70. The predicted octanol–water partition coefficient (Wildman–Crippen LogP) is 4.46. The molecule has 2 aromatic heterocycles. The molecule has 1 amide bonds. The Labute approximate surface area is 208 Å². The Morgan fingerprint density at radius 3 is 2.65 bits per heavy atom. The van der Waals surface area contributed by atoms with Gasteiger partial charge in [0, 0.05) is 12.6 Å². The van der Waals surface area contributed by atoms with Crippen molar-refractivity contribution in [3.63, 3.8) is 0 Å². The number of rotatable bonds is 6. The molecule has 4 rings (SSSR count). The summed E-state index contributed by atoms with van der Waals surface area (Å²) < 4.78 is 67.1. The molecule has 0 saturated carbocycles. The number of aromatic nitrogens is 2. The number of benzene rings is 1. The zero-order valence-electron chi connectivity index (χ0n) is 19.7. The van der Waals surface area contributed by atoms with Crippen LogP contribution >= 0.6 is 0 Å². The van der Waals surface area contributed by atoms with Crippen molar-refractivity contribution in [2.24, 2.45) is 0 Å². The van der Waals surface area contributed by atoms with Crippen molar-refractivity contribution in [2.45, 2.75) is 32.2 Å². The molecule has 37 heavy (non-hydrogen) atoms. The van der Waals surface area contributed by atoms with Crippen LogP contribution in [0.3, 0.4) is 0 Å². The molecule has 1 N–H and O–H groups in total. The molecule has 0 fully saturated rings. The average molecular weight is 519 g/mol. The molecule has 0 aliphatic carbocycles. The van der Waals surface area contributed by atoms with Crippen molar-refractivity contribution in [3.8, 4) is 11.5 Å². The Morgan fingerprint density at radius 1 is 1.19 bits per heavy atom. The number of nitrogens with zero attached hydrogens (tertiary/aromatic N) is 2. The number of fused-ring (bicyclic) bond motifs is 1. The van der Waals surface area contributed by atoms with Crippen molar-refractivity contribution in [3.05, 3.63) is 82.7 Å². The minimum absolute atomic E-state index is 0.0496. The van der Waals surface area contributed by atoms with Crippen LogP contribution in [-0.2, 0) is 10.3 Å². The number of pyridine rings is 2. The number of hydrogen-bond donors (Lipinski definition) is 1. The first-order chi connectivity index (χ1) is 17.5. The number of halogens is 4. The number of carbonyl (C=O) groups excluding carboxylic acids is 2. The summed E-state index contributed by atoms with van der Waals surface area (Å²) >= 11 is 0. The Bertz CT molecular complexity index is 1350. The van der Waals surface area contributed by atoms with Gasteiger partial charge in [-0.15, -0.1) is 13.2 Å². The van der Waals surface area contributed by atoms with Crippen LogP contribution in [0.5, 0.6) is 11.5 Å². The standard InChI is InChI=1S/C25H21F4N3O5/c1-3-35-23(34)16-7-8-18(31-14(16)2)22(33)32-24(10-12-36-20-5-4-11-30-21(20)24)15-6-9-19(17(26)13-15)37-25(27,28)29/h4-9,11,13H,3,10,12H2,1-2H3,(H,32,33)/t24-/m0/s1. The van der Waals surface area contributed by atoms with Gasteiger partial charge in [0.15, 0.2) is 11.6 Å². The van der Waals surface area contributed by atoms with Crippen molar-refractivity contribution >= 4 is 11.9 Å². The number of hydrogen-bond acceptors (Lipinski definition) is 7. The topological polar surface area (TPSA) is 99.6 Å². The van der Waals surface area contributed by atoms with Gasteiger partial charge in [0.05, 0.1) is 24.5 Å². The molecule has 3 aromatic rings. The number of nitrogens with one attached hydrogen (secondary N) is 1. The molecule has 12 heteroatoms. The second-order valence-electron chi connectivity index (χ2n) is 8.05. The number of amides is 1. The molecule has 0 radical (unpaired) electrons. The number of esters is 1. The Kier molecular flexibility index (Phi) is 7.01. The Morgan fingerprint density at radius 2 is 1.97 bits per heavy atom. The van der Waals surface area contributed by atoms with E-state index < -0.39 is 35.3 Å². The van der Waals surface area contributed by atoms with E-state index >= 15 is 0 Å². The average Bonchev–Trinajstić information content (AvgIpc) is 2.84. The van der Waals surface area contributed by atoms with Gasteiger partial charge in [0.1, 0.15) is 22.7 Å². The molecule has 3 heterocycles. The van der Waals surface area contributed by atoms with Crippen LogP contribution in [0.2, 0.25) is 0 Å². The van der Waals surface area contributed by atoms with Crippen molar-refractivity contribution in [1.29, 1.82) is 0 Å². The van der Waals surface area contributed by atoms with Crippen molar-refractivity contribution in [2.75, 3.05) is 13.2 Å². The van der Waals surface area contributed by atoms with E-state index in [0.717, 1.165) is 12.1 Å². The van der Waals surface area contributed by atoms with Crippen LogP contribution in [-0.4, -0.2) is 41.4 Å². The lowest BCUT2D eigenvalue weighted by Crippen LogP contribution is -2.50. The molecule has 8 nitrogen and oxygen atoms in total. The summed E-state index contributed by atoms with van der Waals surface area (Å²) in [7, 11) is 0. The van der Waals surface area contributed by atoms with Gasteiger partial charge in [-0.2, -0.15) is 0 Å². The maximum absolute atomic E-state index is 14.7. The highest BCUT2D eigenvalue weighted by molar-refractivity contribution is 5.95. The summed E-state index contributed by atoms with van der Waals surface area (Å²) in [5.74, 6) is -3.26. The summed E-state index contributed by atoms with van der Waals surface area (Å²) in [6, 6.07) is 8.86. The first-order valence-electron chi connectivity index (χ1n) is 11.2. The van der Waals surface area contributed by atoms with Crippen LogP contribution in [0.15, 0.2) is 48.7 Å². The zero-order valence-corrected chi connectivity index (χ0v) is 19.7. The minimum atomic E-state index is -5.08. The third kappa shape index (κ3) is 5.32. The number of ether oxygens (including phenoxy) is 3. The van der Waals surface area contributed by atoms with Crippen LogP contribution in [0.4, 0.5) is 17.6 Å². The second kappa shape index (κ2) is 10.0. The first kappa shape index (κ1) is 25.9. The quantitative estimate of drug-likeness (QED) is 0.379. The summed E-state index contributed by atoms with van der Waals surface area (Å²) in [6.45, 7) is 3.46. The van der Waals surface area contributed by atoms with E-state index in [0.29, 0.717) is 5.75 Å². The summed E-state index contributed by atoms with van der Waals surface area (Å²) in [4.78, 5) is 34.0. The van der Waals surface area contributed by atoms with Gasteiger partial charge < -0.3 is 19.5 Å². The largest absolute Gasteiger partial charge is 0.573 e. The smallest absolute Gasteiger partial charge is 0.491 e. The fourth-order valence-corrected chi connectivity index (χ4v) is 4.08. The van der Waals surface area contributed by atoms with E-state index in [2.05, 4.69) is 20.0 Å². The molecule has 1 aliphatic heterocycles. The highest BCUT2D eigenvalue weighted by atomic mass is 19.4. The highest BCUT2D eigenvalue weighted by Crippen LogP contribution is 2.42. The normalized spacial score (nSPS) is 16.8. The fourth-order valence-electron chi connectivity index (χ4n) is 4.08. The molecule has 1 aliphatic rings.